The van der Waals surface area contributed by atoms with Gasteiger partial charge in [-0.05, 0) is 19.9 Å². The fourth-order valence-electron chi connectivity index (χ4n) is 2.29. The maximum Gasteiger partial charge on any atom is 0.308 e. The van der Waals surface area contributed by atoms with Gasteiger partial charge in [0, 0.05) is 32.7 Å². The fourth-order valence-corrected chi connectivity index (χ4v) is 2.29. The lowest BCUT2D eigenvalue weighted by Crippen LogP contribution is -2.48. The molecule has 1 rings (SSSR count). The summed E-state index contributed by atoms with van der Waals surface area (Å²) in [4.78, 5) is 15.9. The third-order valence-corrected chi connectivity index (χ3v) is 3.18. The Kier molecular flexibility index (Phi) is 7.23. The molecule has 0 aromatic heterocycles. The van der Waals surface area contributed by atoms with Crippen molar-refractivity contribution in [1.29, 1.82) is 0 Å². The summed E-state index contributed by atoms with van der Waals surface area (Å²) < 4.78 is 4.83. The maximum absolute atomic E-state index is 11.2. The number of hydrogen-bond donors (Lipinski definition) is 1. The van der Waals surface area contributed by atoms with Crippen LogP contribution in [-0.2, 0) is 9.53 Å². The molecule has 1 aliphatic heterocycles. The standard InChI is InChI=1S/C13H26N2O3/c1-3-5-14-6-8-15(9-7-14)11-12(16)10-13(17)18-4-2/h12,16H,3-11H2,1-2H3. The van der Waals surface area contributed by atoms with E-state index in [0.29, 0.717) is 13.2 Å². The second-order valence-electron chi connectivity index (χ2n) is 4.81. The summed E-state index contributed by atoms with van der Waals surface area (Å²) in [6.07, 6.45) is 0.677. The van der Waals surface area contributed by atoms with Crippen molar-refractivity contribution in [3.8, 4) is 0 Å². The molecular weight excluding hydrogens is 232 g/mol. The number of esters is 1. The summed E-state index contributed by atoms with van der Waals surface area (Å²) in [6, 6.07) is 0. The number of carbonyl (C=O) groups excluding carboxylic acids is 1. The van der Waals surface area contributed by atoms with E-state index in [0.717, 1.165) is 32.7 Å². The Morgan fingerprint density at radius 1 is 1.22 bits per heavy atom. The van der Waals surface area contributed by atoms with Gasteiger partial charge in [0.2, 0.25) is 0 Å². The lowest BCUT2D eigenvalue weighted by atomic mass is 10.2. The third kappa shape index (κ3) is 5.80. The number of carbonyl (C=O) groups is 1. The molecule has 1 N–H and O–H groups in total. The Balaban J connectivity index is 2.17. The minimum absolute atomic E-state index is 0.100. The minimum Gasteiger partial charge on any atom is -0.466 e. The molecule has 1 aliphatic rings. The predicted molar refractivity (Wildman–Crippen MR) is 70.4 cm³/mol. The number of aliphatic hydroxyl groups excluding tert-OH is 1. The van der Waals surface area contributed by atoms with Crippen LogP contribution in [0.25, 0.3) is 0 Å². The number of nitrogens with zero attached hydrogens (tertiary/aromatic N) is 2. The number of hydrogen-bond acceptors (Lipinski definition) is 5. The van der Waals surface area contributed by atoms with Gasteiger partial charge in [0.1, 0.15) is 0 Å². The van der Waals surface area contributed by atoms with E-state index in [4.69, 9.17) is 4.74 Å². The van der Waals surface area contributed by atoms with Crippen LogP contribution in [0.4, 0.5) is 0 Å². The number of aliphatic hydroxyl groups is 1. The molecule has 0 amide bonds. The molecule has 1 heterocycles. The zero-order chi connectivity index (χ0) is 13.4. The zero-order valence-corrected chi connectivity index (χ0v) is 11.6. The van der Waals surface area contributed by atoms with E-state index in [-0.39, 0.29) is 12.4 Å². The van der Waals surface area contributed by atoms with Crippen molar-refractivity contribution in [3.63, 3.8) is 0 Å². The molecule has 5 nitrogen and oxygen atoms in total. The van der Waals surface area contributed by atoms with Crippen LogP contribution in [-0.4, -0.2) is 72.9 Å². The summed E-state index contributed by atoms with van der Waals surface area (Å²) in [5.41, 5.74) is 0. The number of ether oxygens (including phenoxy) is 1. The summed E-state index contributed by atoms with van der Waals surface area (Å²) >= 11 is 0. The topological polar surface area (TPSA) is 53.0 Å². The highest BCUT2D eigenvalue weighted by atomic mass is 16.5. The predicted octanol–water partition coefficient (Wildman–Crippen LogP) is 0.328. The first kappa shape index (κ1) is 15.4. The van der Waals surface area contributed by atoms with Crippen molar-refractivity contribution < 1.29 is 14.6 Å². The van der Waals surface area contributed by atoms with Gasteiger partial charge in [-0.15, -0.1) is 0 Å². The quantitative estimate of drug-likeness (QED) is 0.667. The molecule has 0 radical (unpaired) electrons. The van der Waals surface area contributed by atoms with Gasteiger partial charge in [0.05, 0.1) is 19.1 Å². The number of rotatable bonds is 7. The van der Waals surface area contributed by atoms with Gasteiger partial charge in [0.15, 0.2) is 0 Å². The monoisotopic (exact) mass is 258 g/mol. The number of β-amino-alcohol motifs (C(OH)–C–C–N with tert-alkyl or cyclic N) is 1. The van der Waals surface area contributed by atoms with Gasteiger partial charge in [-0.2, -0.15) is 0 Å². The van der Waals surface area contributed by atoms with E-state index in [1.807, 2.05) is 0 Å². The molecule has 5 heteroatoms. The summed E-state index contributed by atoms with van der Waals surface area (Å²) in [5.74, 6) is -0.311. The SMILES string of the molecule is CCCN1CCN(CC(O)CC(=O)OCC)CC1. The second kappa shape index (κ2) is 8.45. The van der Waals surface area contributed by atoms with Gasteiger partial charge in [-0.1, -0.05) is 6.92 Å². The van der Waals surface area contributed by atoms with Crippen LogP contribution in [0.5, 0.6) is 0 Å². The first-order valence-corrected chi connectivity index (χ1v) is 6.94. The molecule has 0 bridgehead atoms. The van der Waals surface area contributed by atoms with Gasteiger partial charge in [0.25, 0.3) is 0 Å². The molecule has 106 valence electrons. The van der Waals surface area contributed by atoms with Crippen molar-refractivity contribution >= 4 is 5.97 Å². The Hall–Kier alpha value is -0.650. The van der Waals surface area contributed by atoms with Gasteiger partial charge in [-0.3, -0.25) is 9.69 Å². The van der Waals surface area contributed by atoms with Gasteiger partial charge < -0.3 is 14.7 Å². The van der Waals surface area contributed by atoms with E-state index in [1.54, 1.807) is 6.92 Å². The normalized spacial score (nSPS) is 19.7. The Bertz CT molecular complexity index is 240. The lowest BCUT2D eigenvalue weighted by molar-refractivity contribution is -0.145. The van der Waals surface area contributed by atoms with Crippen molar-refractivity contribution in [2.75, 3.05) is 45.9 Å². The Morgan fingerprint density at radius 3 is 2.39 bits per heavy atom. The highest BCUT2D eigenvalue weighted by molar-refractivity contribution is 5.69. The van der Waals surface area contributed by atoms with E-state index < -0.39 is 6.10 Å². The Labute approximate surface area is 110 Å². The van der Waals surface area contributed by atoms with Crippen LogP contribution in [0.15, 0.2) is 0 Å². The first-order chi connectivity index (χ1) is 8.65. The summed E-state index contributed by atoms with van der Waals surface area (Å²) in [5, 5.41) is 9.81. The van der Waals surface area contributed by atoms with Crippen LogP contribution >= 0.6 is 0 Å². The van der Waals surface area contributed by atoms with Crippen LogP contribution in [0.1, 0.15) is 26.7 Å². The average Bonchev–Trinajstić information content (AvgIpc) is 2.32. The zero-order valence-electron chi connectivity index (χ0n) is 11.6. The van der Waals surface area contributed by atoms with E-state index in [2.05, 4.69) is 16.7 Å². The largest absolute Gasteiger partial charge is 0.466 e. The van der Waals surface area contributed by atoms with E-state index in [1.165, 1.54) is 6.42 Å². The lowest BCUT2D eigenvalue weighted by Gasteiger charge is -2.35. The molecule has 1 unspecified atom stereocenters. The molecule has 0 aromatic carbocycles. The van der Waals surface area contributed by atoms with Crippen LogP contribution in [0, 0.1) is 0 Å². The molecule has 0 spiro atoms. The van der Waals surface area contributed by atoms with Crippen molar-refractivity contribution in [1.82, 2.24) is 9.80 Å². The van der Waals surface area contributed by atoms with E-state index in [9.17, 15) is 9.90 Å². The Morgan fingerprint density at radius 2 is 1.83 bits per heavy atom. The number of piperazine rings is 1. The molecule has 1 saturated heterocycles. The third-order valence-electron chi connectivity index (χ3n) is 3.18. The molecule has 1 fully saturated rings. The van der Waals surface area contributed by atoms with Crippen LogP contribution in [0.3, 0.4) is 0 Å². The highest BCUT2D eigenvalue weighted by Crippen LogP contribution is 2.05. The minimum atomic E-state index is -0.609. The van der Waals surface area contributed by atoms with Crippen molar-refractivity contribution in [2.24, 2.45) is 0 Å². The van der Waals surface area contributed by atoms with Crippen LogP contribution < -0.4 is 0 Å². The molecular formula is C13H26N2O3. The summed E-state index contributed by atoms with van der Waals surface area (Å²) in [6.45, 7) is 10.1. The highest BCUT2D eigenvalue weighted by Gasteiger charge is 2.20. The van der Waals surface area contributed by atoms with Gasteiger partial charge >= 0.3 is 5.97 Å². The van der Waals surface area contributed by atoms with Crippen molar-refractivity contribution in [2.45, 2.75) is 32.8 Å². The summed E-state index contributed by atoms with van der Waals surface area (Å²) in [7, 11) is 0. The molecule has 0 aliphatic carbocycles. The average molecular weight is 258 g/mol. The first-order valence-electron chi connectivity index (χ1n) is 6.94. The smallest absolute Gasteiger partial charge is 0.308 e. The maximum atomic E-state index is 11.2. The molecule has 18 heavy (non-hydrogen) atoms. The second-order valence-corrected chi connectivity index (χ2v) is 4.81. The van der Waals surface area contributed by atoms with Crippen molar-refractivity contribution in [3.05, 3.63) is 0 Å². The van der Waals surface area contributed by atoms with E-state index >= 15 is 0 Å². The fraction of sp³-hybridized carbons (Fsp3) is 0.923. The molecule has 0 aromatic rings. The molecule has 0 saturated carbocycles. The molecule has 1 atom stereocenters. The van der Waals surface area contributed by atoms with Crippen LogP contribution in [0.2, 0.25) is 0 Å². The van der Waals surface area contributed by atoms with Gasteiger partial charge in [-0.25, -0.2) is 0 Å².